The summed E-state index contributed by atoms with van der Waals surface area (Å²) in [4.78, 5) is 0. The molecule has 0 N–H and O–H groups in total. The van der Waals surface area contributed by atoms with Crippen molar-refractivity contribution in [2.75, 3.05) is 24.3 Å². The lowest BCUT2D eigenvalue weighted by molar-refractivity contribution is 0.685. The molecule has 0 saturated carbocycles. The Hall–Kier alpha value is 0.580. The lowest BCUT2D eigenvalue weighted by Crippen LogP contribution is -2.00. The fraction of sp³-hybridized carbons (Fsp3) is 1.00. The van der Waals surface area contributed by atoms with Crippen LogP contribution in [0, 0.1) is 0 Å². The average molecular weight is 152 g/mol. The van der Waals surface area contributed by atoms with E-state index in [1.165, 1.54) is 0 Å². The highest BCUT2D eigenvalue weighted by Gasteiger charge is 1.91. The fourth-order valence-corrected chi connectivity index (χ4v) is 2.38. The molecule has 0 fully saturated rings. The summed E-state index contributed by atoms with van der Waals surface area (Å²) in [5, 5.41) is 0. The molecule has 0 aliphatic carbocycles. The first-order chi connectivity index (χ1) is 3.81. The Balaban J connectivity index is 2.99. The second-order valence-corrected chi connectivity index (χ2v) is 4.61. The summed E-state index contributed by atoms with van der Waals surface area (Å²) >= 11 is 0. The first-order valence-electron chi connectivity index (χ1n) is 2.80. The van der Waals surface area contributed by atoms with E-state index in [9.17, 15) is 4.21 Å². The van der Waals surface area contributed by atoms with Crippen LogP contribution in [0.25, 0.3) is 0 Å². The lowest BCUT2D eigenvalue weighted by Gasteiger charge is -1.93. The van der Waals surface area contributed by atoms with Gasteiger partial charge in [-0.25, -0.2) is 0 Å². The Morgan fingerprint density at radius 3 is 2.62 bits per heavy atom. The van der Waals surface area contributed by atoms with Crippen LogP contribution in [0.1, 0.15) is 6.92 Å². The van der Waals surface area contributed by atoms with Gasteiger partial charge in [0, 0.05) is 22.3 Å². The molecule has 0 rings (SSSR count). The van der Waals surface area contributed by atoms with Crippen molar-refractivity contribution in [2.24, 2.45) is 0 Å². The molecule has 2 atom stereocenters. The summed E-state index contributed by atoms with van der Waals surface area (Å²) in [7, 11) is 0.441. The van der Waals surface area contributed by atoms with Crippen LogP contribution in [0.4, 0.5) is 0 Å². The van der Waals surface area contributed by atoms with E-state index in [1.807, 2.05) is 6.92 Å². The topological polar surface area (TPSA) is 17.1 Å². The monoisotopic (exact) mass is 152 g/mol. The van der Waals surface area contributed by atoms with Crippen molar-refractivity contribution in [3.63, 3.8) is 0 Å². The summed E-state index contributed by atoms with van der Waals surface area (Å²) in [6.07, 6.45) is 1.14. The second kappa shape index (κ2) is 5.71. The molecule has 0 saturated heterocycles. The Labute approximate surface area is 55.5 Å². The molecule has 0 aromatic rings. The highest BCUT2D eigenvalue weighted by atomic mass is 32.2. The number of hydrogen-bond acceptors (Lipinski definition) is 1. The third-order valence-corrected chi connectivity index (χ3v) is 3.32. The van der Waals surface area contributed by atoms with E-state index >= 15 is 0 Å². The summed E-state index contributed by atoms with van der Waals surface area (Å²) in [5.41, 5.74) is 0. The van der Waals surface area contributed by atoms with E-state index in [1.54, 1.807) is 0 Å². The summed E-state index contributed by atoms with van der Waals surface area (Å²) < 4.78 is 10.7. The van der Waals surface area contributed by atoms with Gasteiger partial charge in [-0.3, -0.25) is 4.21 Å². The Bertz CT molecular complexity index is 74.8. The van der Waals surface area contributed by atoms with Crippen LogP contribution in [0.5, 0.6) is 0 Å². The summed E-state index contributed by atoms with van der Waals surface area (Å²) in [6, 6.07) is 0. The van der Waals surface area contributed by atoms with Gasteiger partial charge in [-0.2, -0.15) is 0 Å². The Morgan fingerprint density at radius 2 is 2.25 bits per heavy atom. The van der Waals surface area contributed by atoms with E-state index < -0.39 is 10.8 Å². The van der Waals surface area contributed by atoms with Gasteiger partial charge >= 0.3 is 0 Å². The molecule has 1 nitrogen and oxygen atoms in total. The first-order valence-corrected chi connectivity index (χ1v) is 6.00. The van der Waals surface area contributed by atoms with Gasteiger partial charge in [-0.15, -0.1) is 8.58 Å². The molecule has 0 bridgehead atoms. The fourth-order valence-electron chi connectivity index (χ4n) is 0.360. The Kier molecular flexibility index (Phi) is 6.13. The number of rotatable bonds is 4. The van der Waals surface area contributed by atoms with Crippen molar-refractivity contribution >= 4 is 19.4 Å². The molecular formula is C5H13OPS. The van der Waals surface area contributed by atoms with Crippen molar-refractivity contribution < 1.29 is 4.21 Å². The average Bonchev–Trinajstić information content (AvgIpc) is 1.83. The maximum atomic E-state index is 10.7. The third kappa shape index (κ3) is 4.73. The zero-order chi connectivity index (χ0) is 6.41. The van der Waals surface area contributed by atoms with Gasteiger partial charge in [0.05, 0.1) is 0 Å². The SMILES string of the molecule is CCS(=O)CCPC. The van der Waals surface area contributed by atoms with Crippen LogP contribution in [0.3, 0.4) is 0 Å². The molecule has 0 heterocycles. The van der Waals surface area contributed by atoms with Gasteiger partial charge in [0.2, 0.25) is 0 Å². The van der Waals surface area contributed by atoms with Crippen LogP contribution >= 0.6 is 8.58 Å². The standard InChI is InChI=1S/C5H13OPS/c1-3-8(6)5-4-7-2/h7H,3-5H2,1-2H3. The van der Waals surface area contributed by atoms with Crippen molar-refractivity contribution in [1.29, 1.82) is 0 Å². The van der Waals surface area contributed by atoms with Gasteiger partial charge in [0.1, 0.15) is 0 Å². The van der Waals surface area contributed by atoms with Gasteiger partial charge in [0.25, 0.3) is 0 Å². The summed E-state index contributed by atoms with van der Waals surface area (Å²) in [5.74, 6) is 1.73. The van der Waals surface area contributed by atoms with Crippen molar-refractivity contribution in [3.8, 4) is 0 Å². The predicted octanol–water partition coefficient (Wildman–Crippen LogP) is 1.06. The zero-order valence-corrected chi connectivity index (χ0v) is 7.25. The van der Waals surface area contributed by atoms with E-state index in [2.05, 4.69) is 6.66 Å². The Morgan fingerprint density at radius 1 is 1.62 bits per heavy atom. The molecule has 0 aromatic carbocycles. The third-order valence-electron chi connectivity index (χ3n) is 0.902. The zero-order valence-electron chi connectivity index (χ0n) is 5.44. The molecule has 8 heavy (non-hydrogen) atoms. The molecule has 0 radical (unpaired) electrons. The highest BCUT2D eigenvalue weighted by Crippen LogP contribution is 2.00. The quantitative estimate of drug-likeness (QED) is 0.550. The predicted molar refractivity (Wildman–Crippen MR) is 42.7 cm³/mol. The summed E-state index contributed by atoms with van der Waals surface area (Å²) in [6.45, 7) is 4.11. The molecule has 2 unspecified atom stereocenters. The molecule has 0 spiro atoms. The van der Waals surface area contributed by atoms with E-state index in [0.29, 0.717) is 0 Å². The number of hydrogen-bond donors (Lipinski definition) is 0. The van der Waals surface area contributed by atoms with E-state index in [4.69, 9.17) is 0 Å². The van der Waals surface area contributed by atoms with Crippen LogP contribution in [0.15, 0.2) is 0 Å². The van der Waals surface area contributed by atoms with Crippen molar-refractivity contribution in [3.05, 3.63) is 0 Å². The normalized spacial score (nSPS) is 15.2. The molecule has 0 amide bonds. The van der Waals surface area contributed by atoms with Crippen LogP contribution in [-0.4, -0.2) is 28.5 Å². The second-order valence-electron chi connectivity index (χ2n) is 1.54. The van der Waals surface area contributed by atoms with Crippen LogP contribution in [0.2, 0.25) is 0 Å². The van der Waals surface area contributed by atoms with Gasteiger partial charge in [0.15, 0.2) is 0 Å². The van der Waals surface area contributed by atoms with Crippen molar-refractivity contribution in [2.45, 2.75) is 6.92 Å². The minimum atomic E-state index is -0.520. The van der Waals surface area contributed by atoms with Gasteiger partial charge < -0.3 is 0 Å². The minimum absolute atomic E-state index is 0.520. The van der Waals surface area contributed by atoms with E-state index in [-0.39, 0.29) is 0 Å². The largest absolute Gasteiger partial charge is 0.260 e. The maximum absolute atomic E-state index is 10.7. The smallest absolute Gasteiger partial charge is 0.0271 e. The molecule has 0 aromatic heterocycles. The van der Waals surface area contributed by atoms with Gasteiger partial charge in [-0.1, -0.05) is 6.92 Å². The van der Waals surface area contributed by atoms with Gasteiger partial charge in [-0.05, 0) is 12.8 Å². The van der Waals surface area contributed by atoms with Crippen LogP contribution < -0.4 is 0 Å². The highest BCUT2D eigenvalue weighted by molar-refractivity contribution is 7.85. The minimum Gasteiger partial charge on any atom is -0.260 e. The van der Waals surface area contributed by atoms with Crippen LogP contribution in [-0.2, 0) is 10.8 Å². The molecule has 50 valence electrons. The maximum Gasteiger partial charge on any atom is 0.0271 e. The molecule has 3 heteroatoms. The molecular weight excluding hydrogens is 139 g/mol. The lowest BCUT2D eigenvalue weighted by atomic mass is 10.9. The first kappa shape index (κ1) is 8.58. The molecule has 0 aliphatic rings. The molecule has 0 aliphatic heterocycles. The van der Waals surface area contributed by atoms with E-state index in [0.717, 1.165) is 26.2 Å². The van der Waals surface area contributed by atoms with Crippen molar-refractivity contribution in [1.82, 2.24) is 0 Å².